The van der Waals surface area contributed by atoms with Gasteiger partial charge < -0.3 is 10.8 Å². The number of benzene rings is 1. The van der Waals surface area contributed by atoms with Gasteiger partial charge in [-0.05, 0) is 56.4 Å². The molecule has 0 aliphatic heterocycles. The van der Waals surface area contributed by atoms with Gasteiger partial charge in [-0.15, -0.1) is 11.8 Å². The molecule has 1 aliphatic carbocycles. The SMILES string of the molecule is Cc1ccc(SC2CCCC(N)(CO)C2)cc1C. The van der Waals surface area contributed by atoms with Gasteiger partial charge in [-0.3, -0.25) is 0 Å². The van der Waals surface area contributed by atoms with Crippen molar-refractivity contribution < 1.29 is 5.11 Å². The second-order valence-corrected chi connectivity index (χ2v) is 6.98. The van der Waals surface area contributed by atoms with Crippen LogP contribution in [-0.2, 0) is 0 Å². The van der Waals surface area contributed by atoms with Crippen molar-refractivity contribution in [1.29, 1.82) is 0 Å². The lowest BCUT2D eigenvalue weighted by molar-refractivity contribution is 0.159. The number of aryl methyl sites for hydroxylation is 2. The molecule has 0 heterocycles. The van der Waals surface area contributed by atoms with Crippen LogP contribution >= 0.6 is 11.8 Å². The zero-order chi connectivity index (χ0) is 13.2. The van der Waals surface area contributed by atoms with Gasteiger partial charge in [0.05, 0.1) is 6.61 Å². The van der Waals surface area contributed by atoms with Crippen LogP contribution in [0.25, 0.3) is 0 Å². The van der Waals surface area contributed by atoms with Crippen molar-refractivity contribution >= 4 is 11.8 Å². The summed E-state index contributed by atoms with van der Waals surface area (Å²) in [5.74, 6) is 0. The molecule has 3 N–H and O–H groups in total. The molecule has 0 aromatic heterocycles. The highest BCUT2D eigenvalue weighted by atomic mass is 32.2. The van der Waals surface area contributed by atoms with Crippen molar-refractivity contribution in [1.82, 2.24) is 0 Å². The number of thioether (sulfide) groups is 1. The van der Waals surface area contributed by atoms with Gasteiger partial charge in [0.25, 0.3) is 0 Å². The van der Waals surface area contributed by atoms with E-state index in [9.17, 15) is 5.11 Å². The average molecular weight is 265 g/mol. The number of aliphatic hydroxyl groups is 1. The minimum Gasteiger partial charge on any atom is -0.394 e. The first-order valence-corrected chi connectivity index (χ1v) is 7.54. The molecule has 2 nitrogen and oxygen atoms in total. The van der Waals surface area contributed by atoms with E-state index in [0.29, 0.717) is 5.25 Å². The lowest BCUT2D eigenvalue weighted by Crippen LogP contribution is -2.48. The minimum atomic E-state index is -0.352. The zero-order valence-electron chi connectivity index (χ0n) is 11.3. The normalized spacial score (nSPS) is 28.3. The van der Waals surface area contributed by atoms with Crippen LogP contribution in [0.4, 0.5) is 0 Å². The number of nitrogens with two attached hydrogens (primary N) is 1. The van der Waals surface area contributed by atoms with Crippen molar-refractivity contribution in [2.45, 2.75) is 55.2 Å². The van der Waals surface area contributed by atoms with E-state index >= 15 is 0 Å². The maximum Gasteiger partial charge on any atom is 0.0611 e. The van der Waals surface area contributed by atoms with Crippen LogP contribution in [0.5, 0.6) is 0 Å². The van der Waals surface area contributed by atoms with Crippen LogP contribution in [0.1, 0.15) is 36.8 Å². The molecule has 0 radical (unpaired) electrons. The van der Waals surface area contributed by atoms with Crippen LogP contribution < -0.4 is 5.73 Å². The molecule has 2 atom stereocenters. The van der Waals surface area contributed by atoms with Crippen LogP contribution in [-0.4, -0.2) is 22.5 Å². The van der Waals surface area contributed by atoms with Gasteiger partial charge in [0, 0.05) is 15.7 Å². The van der Waals surface area contributed by atoms with Gasteiger partial charge in [0.2, 0.25) is 0 Å². The van der Waals surface area contributed by atoms with Gasteiger partial charge in [-0.2, -0.15) is 0 Å². The summed E-state index contributed by atoms with van der Waals surface area (Å²) >= 11 is 1.91. The minimum absolute atomic E-state index is 0.108. The summed E-state index contributed by atoms with van der Waals surface area (Å²) in [6.45, 7) is 4.40. The Labute approximate surface area is 114 Å². The largest absolute Gasteiger partial charge is 0.394 e. The zero-order valence-corrected chi connectivity index (χ0v) is 12.1. The molecule has 18 heavy (non-hydrogen) atoms. The number of rotatable bonds is 3. The highest BCUT2D eigenvalue weighted by Crippen LogP contribution is 2.37. The Morgan fingerprint density at radius 1 is 1.39 bits per heavy atom. The molecule has 0 amide bonds. The van der Waals surface area contributed by atoms with E-state index in [2.05, 4.69) is 32.0 Å². The standard InChI is InChI=1S/C15H23NOS/c1-11-5-6-13(8-12(11)2)18-14-4-3-7-15(16,9-14)10-17/h5-6,8,14,17H,3-4,7,9-10,16H2,1-2H3. The monoisotopic (exact) mass is 265 g/mol. The van der Waals surface area contributed by atoms with Gasteiger partial charge in [0.15, 0.2) is 0 Å². The van der Waals surface area contributed by atoms with Crippen LogP contribution in [0.15, 0.2) is 23.1 Å². The Balaban J connectivity index is 2.02. The van der Waals surface area contributed by atoms with Gasteiger partial charge in [-0.25, -0.2) is 0 Å². The Morgan fingerprint density at radius 3 is 2.83 bits per heavy atom. The fraction of sp³-hybridized carbons (Fsp3) is 0.600. The van der Waals surface area contributed by atoms with Crippen molar-refractivity contribution in [3.63, 3.8) is 0 Å². The lowest BCUT2D eigenvalue weighted by Gasteiger charge is -2.36. The van der Waals surface area contributed by atoms with Crippen molar-refractivity contribution in [3.05, 3.63) is 29.3 Å². The topological polar surface area (TPSA) is 46.2 Å². The second kappa shape index (κ2) is 5.64. The van der Waals surface area contributed by atoms with Crippen LogP contribution in [0.3, 0.4) is 0 Å². The number of hydrogen-bond donors (Lipinski definition) is 2. The summed E-state index contributed by atoms with van der Waals surface area (Å²) < 4.78 is 0. The summed E-state index contributed by atoms with van der Waals surface area (Å²) in [6.07, 6.45) is 4.20. The third-order valence-corrected chi connectivity index (χ3v) is 5.19. The highest BCUT2D eigenvalue weighted by Gasteiger charge is 2.32. The average Bonchev–Trinajstić information content (AvgIpc) is 2.34. The molecule has 3 heteroatoms. The Kier molecular flexibility index (Phi) is 4.36. The first-order valence-electron chi connectivity index (χ1n) is 6.66. The van der Waals surface area contributed by atoms with Crippen LogP contribution in [0, 0.1) is 13.8 Å². The predicted octanol–water partition coefficient (Wildman–Crippen LogP) is 3.03. The first kappa shape index (κ1) is 13.9. The molecule has 1 saturated carbocycles. The van der Waals surface area contributed by atoms with E-state index in [0.717, 1.165) is 19.3 Å². The quantitative estimate of drug-likeness (QED) is 0.883. The van der Waals surface area contributed by atoms with Gasteiger partial charge in [0.1, 0.15) is 0 Å². The van der Waals surface area contributed by atoms with E-state index in [1.165, 1.54) is 22.4 Å². The highest BCUT2D eigenvalue weighted by molar-refractivity contribution is 8.00. The fourth-order valence-corrected chi connectivity index (χ4v) is 4.04. The Bertz CT molecular complexity index is 421. The predicted molar refractivity (Wildman–Crippen MR) is 78.0 cm³/mol. The van der Waals surface area contributed by atoms with E-state index < -0.39 is 0 Å². The molecular formula is C15H23NOS. The molecule has 1 fully saturated rings. The van der Waals surface area contributed by atoms with Crippen LogP contribution in [0.2, 0.25) is 0 Å². The molecule has 1 aromatic rings. The molecule has 2 unspecified atom stereocenters. The molecule has 0 bridgehead atoms. The maximum absolute atomic E-state index is 9.38. The molecule has 0 saturated heterocycles. The second-order valence-electron chi connectivity index (χ2n) is 5.60. The number of aliphatic hydroxyl groups excluding tert-OH is 1. The molecule has 0 spiro atoms. The first-order chi connectivity index (χ1) is 8.52. The fourth-order valence-electron chi connectivity index (χ4n) is 2.56. The molecule has 100 valence electrons. The molecule has 1 aromatic carbocycles. The summed E-state index contributed by atoms with van der Waals surface area (Å²) in [5.41, 5.74) is 8.53. The van der Waals surface area contributed by atoms with E-state index in [4.69, 9.17) is 5.73 Å². The molecular weight excluding hydrogens is 242 g/mol. The summed E-state index contributed by atoms with van der Waals surface area (Å²) in [6, 6.07) is 6.63. The lowest BCUT2D eigenvalue weighted by atomic mass is 9.83. The van der Waals surface area contributed by atoms with Crippen molar-refractivity contribution in [2.24, 2.45) is 5.73 Å². The van der Waals surface area contributed by atoms with Gasteiger partial charge in [-0.1, -0.05) is 12.5 Å². The Hall–Kier alpha value is -0.510. The third-order valence-electron chi connectivity index (χ3n) is 3.93. The van der Waals surface area contributed by atoms with Gasteiger partial charge >= 0.3 is 0 Å². The molecule has 2 rings (SSSR count). The third kappa shape index (κ3) is 3.28. The summed E-state index contributed by atoms with van der Waals surface area (Å²) in [7, 11) is 0. The van der Waals surface area contributed by atoms with E-state index in [1.54, 1.807) is 0 Å². The maximum atomic E-state index is 9.38. The number of hydrogen-bond acceptors (Lipinski definition) is 3. The Morgan fingerprint density at radius 2 is 2.17 bits per heavy atom. The van der Waals surface area contributed by atoms with E-state index in [-0.39, 0.29) is 12.1 Å². The smallest absolute Gasteiger partial charge is 0.0611 e. The summed E-state index contributed by atoms with van der Waals surface area (Å²) in [4.78, 5) is 1.32. The molecule has 1 aliphatic rings. The van der Waals surface area contributed by atoms with Crippen molar-refractivity contribution in [3.8, 4) is 0 Å². The van der Waals surface area contributed by atoms with Crippen molar-refractivity contribution in [2.75, 3.05) is 6.61 Å². The summed E-state index contributed by atoms with van der Waals surface area (Å²) in [5, 5.41) is 9.92. The van der Waals surface area contributed by atoms with E-state index in [1.807, 2.05) is 11.8 Å².